The van der Waals surface area contributed by atoms with E-state index in [0.29, 0.717) is 6.42 Å². The predicted molar refractivity (Wildman–Crippen MR) is 38.6 cm³/mol. The summed E-state index contributed by atoms with van der Waals surface area (Å²) in [5.41, 5.74) is 5.40. The minimum atomic E-state index is -2.21. The zero-order valence-corrected chi connectivity index (χ0v) is 6.41. The minimum absolute atomic E-state index is 0. The number of alkyl halides is 2. The Morgan fingerprint density at radius 1 is 1.30 bits per heavy atom. The highest BCUT2D eigenvalue weighted by Crippen LogP contribution is 2.28. The molecular formula is C6H12ClF2N. The normalized spacial score (nSPS) is 32.4. The van der Waals surface area contributed by atoms with Gasteiger partial charge >= 0.3 is 0 Å². The van der Waals surface area contributed by atoms with Crippen LogP contribution in [0.1, 0.15) is 19.3 Å². The molecule has 0 bridgehead atoms. The van der Waals surface area contributed by atoms with Crippen molar-refractivity contribution < 1.29 is 8.78 Å². The minimum Gasteiger partial charge on any atom is -0.327 e. The van der Waals surface area contributed by atoms with Crippen LogP contribution in [-0.4, -0.2) is 12.5 Å². The quantitative estimate of drug-likeness (QED) is 0.640. The van der Waals surface area contributed by atoms with E-state index in [9.17, 15) is 8.78 Å². The summed E-state index contributed by atoms with van der Waals surface area (Å²) in [6.45, 7) is 0. The third kappa shape index (κ3) is 2.06. The predicted octanol–water partition coefficient (Wildman–Crippen LogP) is 1.80. The standard InChI is InChI=1S/C6H11F2N.ClH/c7-6(8)4-2-1-3-5(4)9;/h4-6H,1-3,9H2;1H/t4-,5-;/m1./s1. The summed E-state index contributed by atoms with van der Waals surface area (Å²) in [5.74, 6) is -0.523. The van der Waals surface area contributed by atoms with Gasteiger partial charge in [0.1, 0.15) is 0 Å². The molecule has 0 unspecified atom stereocenters. The molecule has 1 aliphatic carbocycles. The molecule has 0 amide bonds. The molecule has 62 valence electrons. The van der Waals surface area contributed by atoms with E-state index in [1.807, 2.05) is 0 Å². The lowest BCUT2D eigenvalue weighted by Gasteiger charge is -2.12. The second-order valence-corrected chi connectivity index (χ2v) is 2.59. The van der Waals surface area contributed by atoms with Gasteiger partial charge in [0.2, 0.25) is 6.43 Å². The van der Waals surface area contributed by atoms with Gasteiger partial charge in [-0.25, -0.2) is 8.78 Å². The molecule has 0 spiro atoms. The first-order valence-electron chi connectivity index (χ1n) is 3.25. The van der Waals surface area contributed by atoms with Crippen molar-refractivity contribution in [3.05, 3.63) is 0 Å². The maximum atomic E-state index is 11.9. The Morgan fingerprint density at radius 3 is 2.10 bits per heavy atom. The van der Waals surface area contributed by atoms with E-state index in [1.54, 1.807) is 0 Å². The Bertz CT molecular complexity index is 99.7. The third-order valence-electron chi connectivity index (χ3n) is 1.95. The van der Waals surface area contributed by atoms with Crippen LogP contribution in [0.4, 0.5) is 8.78 Å². The summed E-state index contributed by atoms with van der Waals surface area (Å²) >= 11 is 0. The maximum Gasteiger partial charge on any atom is 0.242 e. The van der Waals surface area contributed by atoms with Gasteiger partial charge in [-0.15, -0.1) is 12.4 Å². The molecule has 4 heteroatoms. The van der Waals surface area contributed by atoms with E-state index in [2.05, 4.69) is 0 Å². The summed E-state index contributed by atoms with van der Waals surface area (Å²) in [6, 6.07) is -0.245. The molecule has 0 aromatic heterocycles. The molecule has 0 saturated heterocycles. The van der Waals surface area contributed by atoms with Gasteiger partial charge in [0, 0.05) is 12.0 Å². The van der Waals surface area contributed by atoms with Gasteiger partial charge in [0.15, 0.2) is 0 Å². The summed E-state index contributed by atoms with van der Waals surface area (Å²) in [6.07, 6.45) is 0.0480. The first-order chi connectivity index (χ1) is 4.22. The molecule has 1 nitrogen and oxygen atoms in total. The van der Waals surface area contributed by atoms with Crippen molar-refractivity contribution in [1.82, 2.24) is 0 Å². The van der Waals surface area contributed by atoms with Gasteiger partial charge in [0.05, 0.1) is 0 Å². The van der Waals surface area contributed by atoms with Crippen molar-refractivity contribution in [2.45, 2.75) is 31.7 Å². The molecule has 1 aliphatic rings. The van der Waals surface area contributed by atoms with E-state index in [4.69, 9.17) is 5.73 Å². The van der Waals surface area contributed by atoms with Crippen LogP contribution in [0.5, 0.6) is 0 Å². The number of hydrogen-bond donors (Lipinski definition) is 1. The Labute approximate surface area is 65.4 Å². The van der Waals surface area contributed by atoms with Crippen molar-refractivity contribution in [3.63, 3.8) is 0 Å². The van der Waals surface area contributed by atoms with Gasteiger partial charge in [-0.05, 0) is 12.8 Å². The molecule has 2 atom stereocenters. The van der Waals surface area contributed by atoms with Crippen LogP contribution in [0, 0.1) is 5.92 Å². The Morgan fingerprint density at radius 2 is 1.90 bits per heavy atom. The smallest absolute Gasteiger partial charge is 0.242 e. The monoisotopic (exact) mass is 171 g/mol. The summed E-state index contributed by atoms with van der Waals surface area (Å²) in [4.78, 5) is 0. The van der Waals surface area contributed by atoms with E-state index >= 15 is 0 Å². The molecule has 0 heterocycles. The van der Waals surface area contributed by atoms with Gasteiger partial charge in [-0.2, -0.15) is 0 Å². The average Bonchev–Trinajstić information content (AvgIpc) is 2.13. The second kappa shape index (κ2) is 4.09. The zero-order valence-electron chi connectivity index (χ0n) is 5.59. The topological polar surface area (TPSA) is 26.0 Å². The second-order valence-electron chi connectivity index (χ2n) is 2.59. The highest BCUT2D eigenvalue weighted by Gasteiger charge is 2.31. The highest BCUT2D eigenvalue weighted by atomic mass is 35.5. The summed E-state index contributed by atoms with van der Waals surface area (Å²) < 4.78 is 23.8. The van der Waals surface area contributed by atoms with E-state index < -0.39 is 12.3 Å². The third-order valence-corrected chi connectivity index (χ3v) is 1.95. The van der Waals surface area contributed by atoms with Gasteiger partial charge in [-0.3, -0.25) is 0 Å². The van der Waals surface area contributed by atoms with E-state index in [-0.39, 0.29) is 18.4 Å². The van der Waals surface area contributed by atoms with Crippen molar-refractivity contribution >= 4 is 12.4 Å². The fourth-order valence-electron chi connectivity index (χ4n) is 1.33. The lowest BCUT2D eigenvalue weighted by Crippen LogP contribution is -2.29. The molecule has 0 aliphatic heterocycles. The van der Waals surface area contributed by atoms with Gasteiger partial charge < -0.3 is 5.73 Å². The first kappa shape index (κ1) is 10.1. The van der Waals surface area contributed by atoms with Gasteiger partial charge in [-0.1, -0.05) is 6.42 Å². The number of hydrogen-bond acceptors (Lipinski definition) is 1. The van der Waals surface area contributed by atoms with E-state index in [0.717, 1.165) is 12.8 Å². The number of rotatable bonds is 1. The molecule has 1 fully saturated rings. The molecule has 0 radical (unpaired) electrons. The maximum absolute atomic E-state index is 11.9. The molecule has 1 rings (SSSR count). The summed E-state index contributed by atoms with van der Waals surface area (Å²) in [7, 11) is 0. The van der Waals surface area contributed by atoms with Crippen molar-refractivity contribution in [3.8, 4) is 0 Å². The van der Waals surface area contributed by atoms with Crippen molar-refractivity contribution in [2.75, 3.05) is 0 Å². The SMILES string of the molecule is Cl.N[C@@H]1CCC[C@H]1C(F)F. The van der Waals surface area contributed by atoms with Crippen LogP contribution in [0.15, 0.2) is 0 Å². The Kier molecular flexibility index (Phi) is 4.13. The molecule has 0 aromatic rings. The Hall–Kier alpha value is 0.110. The van der Waals surface area contributed by atoms with Crippen molar-refractivity contribution in [2.24, 2.45) is 11.7 Å². The van der Waals surface area contributed by atoms with Crippen molar-refractivity contribution in [1.29, 1.82) is 0 Å². The van der Waals surface area contributed by atoms with Crippen LogP contribution >= 0.6 is 12.4 Å². The van der Waals surface area contributed by atoms with Crippen LogP contribution in [-0.2, 0) is 0 Å². The molecule has 2 N–H and O–H groups in total. The lowest BCUT2D eigenvalue weighted by molar-refractivity contribution is 0.0728. The largest absolute Gasteiger partial charge is 0.327 e. The highest BCUT2D eigenvalue weighted by molar-refractivity contribution is 5.85. The molecule has 0 aromatic carbocycles. The summed E-state index contributed by atoms with van der Waals surface area (Å²) in [5, 5.41) is 0. The number of nitrogens with two attached hydrogens (primary N) is 1. The molecule has 1 saturated carbocycles. The first-order valence-corrected chi connectivity index (χ1v) is 3.25. The number of halogens is 3. The molecule has 10 heavy (non-hydrogen) atoms. The fourth-order valence-corrected chi connectivity index (χ4v) is 1.33. The fraction of sp³-hybridized carbons (Fsp3) is 1.00. The average molecular weight is 172 g/mol. The van der Waals surface area contributed by atoms with Crippen LogP contribution in [0.25, 0.3) is 0 Å². The molecular weight excluding hydrogens is 160 g/mol. The van der Waals surface area contributed by atoms with Crippen LogP contribution < -0.4 is 5.73 Å². The Balaban J connectivity index is 0.000000810. The van der Waals surface area contributed by atoms with Crippen LogP contribution in [0.2, 0.25) is 0 Å². The zero-order chi connectivity index (χ0) is 6.85. The van der Waals surface area contributed by atoms with E-state index in [1.165, 1.54) is 0 Å². The van der Waals surface area contributed by atoms with Crippen LogP contribution in [0.3, 0.4) is 0 Å². The van der Waals surface area contributed by atoms with Gasteiger partial charge in [0.25, 0.3) is 0 Å². The lowest BCUT2D eigenvalue weighted by atomic mass is 10.1.